The monoisotopic (exact) mass is 243 g/mol. The fourth-order valence-corrected chi connectivity index (χ4v) is 1.61. The van der Waals surface area contributed by atoms with Crippen molar-refractivity contribution in [2.45, 2.75) is 71.8 Å². The van der Waals surface area contributed by atoms with Crippen molar-refractivity contribution in [2.24, 2.45) is 11.7 Å². The van der Waals surface area contributed by atoms with Gasteiger partial charge in [-0.25, -0.2) is 0 Å². The second-order valence-corrected chi connectivity index (χ2v) is 5.59. The molecule has 1 unspecified atom stereocenters. The molecular formula is C14H29NO2. The molecule has 0 aliphatic heterocycles. The zero-order valence-electron chi connectivity index (χ0n) is 11.9. The van der Waals surface area contributed by atoms with Crippen LogP contribution in [0.2, 0.25) is 0 Å². The van der Waals surface area contributed by atoms with Crippen molar-refractivity contribution < 1.29 is 9.53 Å². The van der Waals surface area contributed by atoms with Crippen molar-refractivity contribution in [3.63, 3.8) is 0 Å². The second-order valence-electron chi connectivity index (χ2n) is 5.59. The van der Waals surface area contributed by atoms with Crippen LogP contribution in [0.3, 0.4) is 0 Å². The van der Waals surface area contributed by atoms with Crippen molar-refractivity contribution in [2.75, 3.05) is 6.61 Å². The third-order valence-corrected chi connectivity index (χ3v) is 3.00. The molecule has 0 heterocycles. The first-order chi connectivity index (χ1) is 7.89. The Bertz CT molecular complexity index is 209. The number of hydrogen-bond acceptors (Lipinski definition) is 3. The van der Waals surface area contributed by atoms with Crippen LogP contribution < -0.4 is 5.73 Å². The van der Waals surface area contributed by atoms with Gasteiger partial charge < -0.3 is 10.5 Å². The molecule has 0 aromatic rings. The number of hydrogen-bond donors (Lipinski definition) is 1. The Kier molecular flexibility index (Phi) is 8.23. The van der Waals surface area contributed by atoms with E-state index in [4.69, 9.17) is 10.5 Å². The van der Waals surface area contributed by atoms with E-state index in [1.165, 1.54) is 12.8 Å². The highest BCUT2D eigenvalue weighted by Crippen LogP contribution is 2.14. The summed E-state index contributed by atoms with van der Waals surface area (Å²) in [5, 5.41) is 0. The van der Waals surface area contributed by atoms with E-state index in [9.17, 15) is 4.79 Å². The van der Waals surface area contributed by atoms with Gasteiger partial charge in [0.2, 0.25) is 0 Å². The van der Waals surface area contributed by atoms with E-state index < -0.39 is 0 Å². The molecule has 2 N–H and O–H groups in total. The average molecular weight is 243 g/mol. The van der Waals surface area contributed by atoms with E-state index in [-0.39, 0.29) is 11.5 Å². The molecule has 3 nitrogen and oxygen atoms in total. The van der Waals surface area contributed by atoms with E-state index in [2.05, 4.69) is 13.8 Å². The van der Waals surface area contributed by atoms with Crippen molar-refractivity contribution in [1.29, 1.82) is 0 Å². The van der Waals surface area contributed by atoms with Gasteiger partial charge in [0.15, 0.2) is 0 Å². The minimum absolute atomic E-state index is 0.113. The molecule has 17 heavy (non-hydrogen) atoms. The molecule has 0 fully saturated rings. The van der Waals surface area contributed by atoms with Gasteiger partial charge in [0.25, 0.3) is 0 Å². The molecule has 0 radical (unpaired) electrons. The average Bonchev–Trinajstić information content (AvgIpc) is 2.25. The van der Waals surface area contributed by atoms with Crippen molar-refractivity contribution in [3.8, 4) is 0 Å². The summed E-state index contributed by atoms with van der Waals surface area (Å²) in [4.78, 5) is 11.5. The lowest BCUT2D eigenvalue weighted by atomic mass is 10.00. The summed E-state index contributed by atoms with van der Waals surface area (Å²) in [5.41, 5.74) is 5.54. The highest BCUT2D eigenvalue weighted by Gasteiger charge is 2.15. The van der Waals surface area contributed by atoms with Gasteiger partial charge >= 0.3 is 5.97 Å². The number of esters is 1. The summed E-state index contributed by atoms with van der Waals surface area (Å²) < 4.78 is 5.29. The maximum atomic E-state index is 11.5. The molecule has 0 saturated heterocycles. The third kappa shape index (κ3) is 10.3. The summed E-state index contributed by atoms with van der Waals surface area (Å²) >= 11 is 0. The van der Waals surface area contributed by atoms with E-state index in [0.29, 0.717) is 25.4 Å². The van der Waals surface area contributed by atoms with Crippen molar-refractivity contribution in [3.05, 3.63) is 0 Å². The lowest BCUT2D eigenvalue weighted by Crippen LogP contribution is -2.32. The van der Waals surface area contributed by atoms with Crippen LogP contribution >= 0.6 is 0 Å². The zero-order chi connectivity index (χ0) is 13.3. The van der Waals surface area contributed by atoms with Crippen LogP contribution in [0.4, 0.5) is 0 Å². The summed E-state index contributed by atoms with van der Waals surface area (Å²) in [6.07, 6.45) is 5.75. The van der Waals surface area contributed by atoms with E-state index in [1.807, 2.05) is 13.8 Å². The van der Waals surface area contributed by atoms with Gasteiger partial charge in [-0.2, -0.15) is 0 Å². The quantitative estimate of drug-likeness (QED) is 0.632. The first-order valence-corrected chi connectivity index (χ1v) is 6.83. The lowest BCUT2D eigenvalue weighted by Gasteiger charge is -2.18. The molecule has 0 aromatic carbocycles. The molecule has 0 saturated carbocycles. The Hall–Kier alpha value is -0.570. The summed E-state index contributed by atoms with van der Waals surface area (Å²) in [6.45, 7) is 8.76. The van der Waals surface area contributed by atoms with Crippen molar-refractivity contribution in [1.82, 2.24) is 0 Å². The standard InChI is InChI=1S/C14H29NO2/c1-5-7-8-12(6-2)11-17-13(16)9-10-14(3,4)15/h12H,5-11,15H2,1-4H3. The molecule has 0 bridgehead atoms. The Morgan fingerprint density at radius 3 is 2.47 bits per heavy atom. The molecule has 102 valence electrons. The summed E-state index contributed by atoms with van der Waals surface area (Å²) in [5.74, 6) is 0.406. The second kappa shape index (κ2) is 8.51. The Labute approximate surface area is 106 Å². The van der Waals surface area contributed by atoms with Gasteiger partial charge in [0.05, 0.1) is 6.61 Å². The van der Waals surface area contributed by atoms with Crippen LogP contribution in [0, 0.1) is 5.92 Å². The van der Waals surface area contributed by atoms with Gasteiger partial charge in [-0.3, -0.25) is 4.79 Å². The van der Waals surface area contributed by atoms with Crippen LogP contribution in [0.15, 0.2) is 0 Å². The van der Waals surface area contributed by atoms with Crippen LogP contribution in [-0.4, -0.2) is 18.1 Å². The van der Waals surface area contributed by atoms with Gasteiger partial charge in [-0.15, -0.1) is 0 Å². The number of ether oxygens (including phenoxy) is 1. The Morgan fingerprint density at radius 2 is 2.00 bits per heavy atom. The minimum Gasteiger partial charge on any atom is -0.465 e. The smallest absolute Gasteiger partial charge is 0.305 e. The molecule has 0 rings (SSSR count). The predicted molar refractivity (Wildman–Crippen MR) is 71.8 cm³/mol. The normalized spacial score (nSPS) is 13.5. The van der Waals surface area contributed by atoms with Crippen LogP contribution in [-0.2, 0) is 9.53 Å². The summed E-state index contributed by atoms with van der Waals surface area (Å²) in [6, 6.07) is 0. The molecule has 0 aromatic heterocycles. The maximum Gasteiger partial charge on any atom is 0.305 e. The van der Waals surface area contributed by atoms with Gasteiger partial charge in [0.1, 0.15) is 0 Å². The summed E-state index contributed by atoms with van der Waals surface area (Å²) in [7, 11) is 0. The first-order valence-electron chi connectivity index (χ1n) is 6.83. The lowest BCUT2D eigenvalue weighted by molar-refractivity contribution is -0.145. The molecule has 0 aliphatic rings. The topological polar surface area (TPSA) is 52.3 Å². The minimum atomic E-state index is -0.286. The Morgan fingerprint density at radius 1 is 1.35 bits per heavy atom. The van der Waals surface area contributed by atoms with E-state index in [0.717, 1.165) is 12.8 Å². The van der Waals surface area contributed by atoms with E-state index >= 15 is 0 Å². The third-order valence-electron chi connectivity index (χ3n) is 3.00. The van der Waals surface area contributed by atoms with E-state index in [1.54, 1.807) is 0 Å². The number of rotatable bonds is 9. The highest BCUT2D eigenvalue weighted by molar-refractivity contribution is 5.69. The van der Waals surface area contributed by atoms with Crippen molar-refractivity contribution >= 4 is 5.97 Å². The number of unbranched alkanes of at least 4 members (excludes halogenated alkanes) is 1. The number of carbonyl (C=O) groups is 1. The maximum absolute atomic E-state index is 11.5. The molecular weight excluding hydrogens is 214 g/mol. The van der Waals surface area contributed by atoms with Crippen LogP contribution in [0.1, 0.15) is 66.2 Å². The highest BCUT2D eigenvalue weighted by atomic mass is 16.5. The molecule has 3 heteroatoms. The zero-order valence-corrected chi connectivity index (χ0v) is 11.9. The molecule has 0 spiro atoms. The predicted octanol–water partition coefficient (Wildman–Crippen LogP) is 3.26. The SMILES string of the molecule is CCCCC(CC)COC(=O)CCC(C)(C)N. The fourth-order valence-electron chi connectivity index (χ4n) is 1.61. The molecule has 0 aliphatic carbocycles. The van der Waals surface area contributed by atoms with Crippen LogP contribution in [0.5, 0.6) is 0 Å². The largest absolute Gasteiger partial charge is 0.465 e. The number of nitrogens with two attached hydrogens (primary N) is 1. The van der Waals surface area contributed by atoms with Gasteiger partial charge in [-0.05, 0) is 32.6 Å². The fraction of sp³-hybridized carbons (Fsp3) is 0.929. The van der Waals surface area contributed by atoms with Crippen LogP contribution in [0.25, 0.3) is 0 Å². The first kappa shape index (κ1) is 16.4. The number of carbonyl (C=O) groups excluding carboxylic acids is 1. The molecule has 1 atom stereocenters. The van der Waals surface area contributed by atoms with Gasteiger partial charge in [0, 0.05) is 12.0 Å². The molecule has 0 amide bonds. The van der Waals surface area contributed by atoms with Gasteiger partial charge in [-0.1, -0.05) is 33.1 Å². The Balaban J connectivity index is 3.73.